The molecule has 0 spiro atoms. The number of rotatable bonds is 1. The van der Waals surface area contributed by atoms with Crippen LogP contribution < -0.4 is 14.8 Å². The van der Waals surface area contributed by atoms with Crippen LogP contribution in [0.3, 0.4) is 0 Å². The third kappa shape index (κ3) is 2.25. The van der Waals surface area contributed by atoms with Crippen LogP contribution in [0, 0.1) is 0 Å². The molecular formula is C14H19NO2. The van der Waals surface area contributed by atoms with Crippen LogP contribution in [-0.4, -0.2) is 25.8 Å². The van der Waals surface area contributed by atoms with Gasteiger partial charge in [-0.2, -0.15) is 0 Å². The summed E-state index contributed by atoms with van der Waals surface area (Å²) in [5, 5.41) is 3.54. The minimum Gasteiger partial charge on any atom is -0.486 e. The van der Waals surface area contributed by atoms with Gasteiger partial charge in [0.25, 0.3) is 0 Å². The maximum atomic E-state index is 5.63. The van der Waals surface area contributed by atoms with Gasteiger partial charge in [-0.15, -0.1) is 0 Å². The molecule has 0 amide bonds. The van der Waals surface area contributed by atoms with Crippen LogP contribution in [-0.2, 0) is 0 Å². The topological polar surface area (TPSA) is 30.5 Å². The fourth-order valence-corrected chi connectivity index (χ4v) is 2.60. The molecule has 0 radical (unpaired) electrons. The summed E-state index contributed by atoms with van der Waals surface area (Å²) in [6.45, 7) is 4.64. The monoisotopic (exact) mass is 233 g/mol. The Morgan fingerprint density at radius 2 is 1.94 bits per heavy atom. The highest BCUT2D eigenvalue weighted by Crippen LogP contribution is 2.35. The molecule has 0 saturated carbocycles. The van der Waals surface area contributed by atoms with Gasteiger partial charge in [-0.3, -0.25) is 0 Å². The molecule has 0 aliphatic carbocycles. The maximum absolute atomic E-state index is 5.63. The van der Waals surface area contributed by atoms with Crippen LogP contribution in [0.4, 0.5) is 0 Å². The lowest BCUT2D eigenvalue weighted by atomic mass is 9.89. The van der Waals surface area contributed by atoms with Gasteiger partial charge in [0.15, 0.2) is 11.5 Å². The van der Waals surface area contributed by atoms with Crippen molar-refractivity contribution in [1.29, 1.82) is 0 Å². The van der Waals surface area contributed by atoms with Gasteiger partial charge in [0.1, 0.15) is 13.2 Å². The quantitative estimate of drug-likeness (QED) is 0.807. The Balaban J connectivity index is 1.79. The van der Waals surface area contributed by atoms with E-state index in [-0.39, 0.29) is 0 Å². The van der Waals surface area contributed by atoms with Crippen molar-refractivity contribution >= 4 is 0 Å². The van der Waals surface area contributed by atoms with Gasteiger partial charge in [0, 0.05) is 12.6 Å². The SMILES string of the molecule is CC1CCC(c2ccc3c(c2)OCCO3)CN1. The molecule has 92 valence electrons. The Morgan fingerprint density at radius 3 is 2.71 bits per heavy atom. The largest absolute Gasteiger partial charge is 0.486 e. The number of benzene rings is 1. The Hall–Kier alpha value is -1.22. The summed E-state index contributed by atoms with van der Waals surface area (Å²) in [7, 11) is 0. The van der Waals surface area contributed by atoms with E-state index in [1.807, 2.05) is 6.07 Å². The van der Waals surface area contributed by atoms with Crippen LogP contribution in [0.1, 0.15) is 31.2 Å². The first kappa shape index (κ1) is 10.9. The Labute approximate surface area is 102 Å². The number of fused-ring (bicyclic) bond motifs is 1. The van der Waals surface area contributed by atoms with Crippen LogP contribution >= 0.6 is 0 Å². The number of hydrogen-bond donors (Lipinski definition) is 1. The first-order chi connectivity index (χ1) is 8.33. The van der Waals surface area contributed by atoms with Crippen LogP contribution in [0.2, 0.25) is 0 Å². The molecule has 0 bridgehead atoms. The average Bonchev–Trinajstić information content (AvgIpc) is 2.39. The molecule has 17 heavy (non-hydrogen) atoms. The predicted molar refractivity (Wildman–Crippen MR) is 66.9 cm³/mol. The molecule has 1 N–H and O–H groups in total. The van der Waals surface area contributed by atoms with E-state index in [0.29, 0.717) is 25.2 Å². The normalized spacial score (nSPS) is 27.8. The van der Waals surface area contributed by atoms with Crippen molar-refractivity contribution in [2.75, 3.05) is 19.8 Å². The predicted octanol–water partition coefficient (Wildman–Crippen LogP) is 2.31. The molecule has 2 unspecified atom stereocenters. The second-order valence-corrected chi connectivity index (χ2v) is 4.99. The third-order valence-corrected chi connectivity index (χ3v) is 3.70. The van der Waals surface area contributed by atoms with Gasteiger partial charge in [-0.05, 0) is 43.4 Å². The van der Waals surface area contributed by atoms with Gasteiger partial charge >= 0.3 is 0 Å². The van der Waals surface area contributed by atoms with Crippen LogP contribution in [0.15, 0.2) is 18.2 Å². The van der Waals surface area contributed by atoms with Gasteiger partial charge in [-0.25, -0.2) is 0 Å². The number of hydrogen-bond acceptors (Lipinski definition) is 3. The van der Waals surface area contributed by atoms with Gasteiger partial charge in [0.2, 0.25) is 0 Å². The average molecular weight is 233 g/mol. The maximum Gasteiger partial charge on any atom is 0.161 e. The molecular weight excluding hydrogens is 214 g/mol. The van der Waals surface area contributed by atoms with E-state index in [4.69, 9.17) is 9.47 Å². The van der Waals surface area contributed by atoms with E-state index in [2.05, 4.69) is 24.4 Å². The summed E-state index contributed by atoms with van der Waals surface area (Å²) in [4.78, 5) is 0. The number of nitrogens with one attached hydrogen (secondary N) is 1. The van der Waals surface area contributed by atoms with E-state index < -0.39 is 0 Å². The van der Waals surface area contributed by atoms with Gasteiger partial charge in [-0.1, -0.05) is 6.07 Å². The van der Waals surface area contributed by atoms with Gasteiger partial charge < -0.3 is 14.8 Å². The Bertz CT molecular complexity index is 397. The molecule has 1 aromatic carbocycles. The summed E-state index contributed by atoms with van der Waals surface area (Å²) in [5.41, 5.74) is 1.37. The lowest BCUT2D eigenvalue weighted by Gasteiger charge is -2.28. The van der Waals surface area contributed by atoms with Crippen molar-refractivity contribution in [3.8, 4) is 11.5 Å². The van der Waals surface area contributed by atoms with E-state index >= 15 is 0 Å². The van der Waals surface area contributed by atoms with Crippen molar-refractivity contribution in [1.82, 2.24) is 5.32 Å². The van der Waals surface area contributed by atoms with Gasteiger partial charge in [0.05, 0.1) is 0 Å². The molecule has 2 heterocycles. The Kier molecular flexibility index (Phi) is 2.93. The fraction of sp³-hybridized carbons (Fsp3) is 0.571. The second kappa shape index (κ2) is 4.57. The highest BCUT2D eigenvalue weighted by molar-refractivity contribution is 5.45. The smallest absolute Gasteiger partial charge is 0.161 e. The highest BCUT2D eigenvalue weighted by Gasteiger charge is 2.21. The number of piperidine rings is 1. The molecule has 1 saturated heterocycles. The third-order valence-electron chi connectivity index (χ3n) is 3.70. The summed E-state index contributed by atoms with van der Waals surface area (Å²) < 4.78 is 11.2. The number of ether oxygens (including phenoxy) is 2. The van der Waals surface area contributed by atoms with E-state index in [1.54, 1.807) is 0 Å². The molecule has 2 atom stereocenters. The molecule has 3 nitrogen and oxygen atoms in total. The van der Waals surface area contributed by atoms with Crippen molar-refractivity contribution in [3.63, 3.8) is 0 Å². The standard InChI is InChI=1S/C14H19NO2/c1-10-2-3-12(9-15-10)11-4-5-13-14(8-11)17-7-6-16-13/h4-5,8,10,12,15H,2-3,6-7,9H2,1H3. The zero-order chi connectivity index (χ0) is 11.7. The molecule has 3 rings (SSSR count). The summed E-state index contributed by atoms with van der Waals surface area (Å²) in [5.74, 6) is 2.41. The zero-order valence-electron chi connectivity index (χ0n) is 10.2. The van der Waals surface area contributed by atoms with Crippen molar-refractivity contribution < 1.29 is 9.47 Å². The molecule has 1 aromatic rings. The van der Waals surface area contributed by atoms with Crippen LogP contribution in [0.25, 0.3) is 0 Å². The van der Waals surface area contributed by atoms with Crippen molar-refractivity contribution in [2.24, 2.45) is 0 Å². The van der Waals surface area contributed by atoms with E-state index in [9.17, 15) is 0 Å². The zero-order valence-corrected chi connectivity index (χ0v) is 10.2. The fourth-order valence-electron chi connectivity index (χ4n) is 2.60. The van der Waals surface area contributed by atoms with Crippen molar-refractivity contribution in [3.05, 3.63) is 23.8 Å². The summed E-state index contributed by atoms with van der Waals surface area (Å²) >= 11 is 0. The van der Waals surface area contributed by atoms with E-state index in [1.165, 1.54) is 18.4 Å². The second-order valence-electron chi connectivity index (χ2n) is 4.99. The lowest BCUT2D eigenvalue weighted by Crippen LogP contribution is -2.35. The minimum atomic E-state index is 0.613. The van der Waals surface area contributed by atoms with Crippen LogP contribution in [0.5, 0.6) is 11.5 Å². The van der Waals surface area contributed by atoms with Crippen molar-refractivity contribution in [2.45, 2.75) is 31.7 Å². The lowest BCUT2D eigenvalue weighted by molar-refractivity contribution is 0.171. The molecule has 0 aromatic heterocycles. The molecule has 2 aliphatic heterocycles. The molecule has 2 aliphatic rings. The molecule has 3 heteroatoms. The molecule has 1 fully saturated rings. The van der Waals surface area contributed by atoms with E-state index in [0.717, 1.165) is 18.0 Å². The Morgan fingerprint density at radius 1 is 1.12 bits per heavy atom. The first-order valence-electron chi connectivity index (χ1n) is 6.46. The summed E-state index contributed by atoms with van der Waals surface area (Å²) in [6, 6.07) is 7.03. The first-order valence-corrected chi connectivity index (χ1v) is 6.46. The highest BCUT2D eigenvalue weighted by atomic mass is 16.6. The summed E-state index contributed by atoms with van der Waals surface area (Å²) in [6.07, 6.45) is 2.51. The minimum absolute atomic E-state index is 0.613.